The van der Waals surface area contributed by atoms with Gasteiger partial charge < -0.3 is 9.64 Å². The monoisotopic (exact) mass is 383 g/mol. The van der Waals surface area contributed by atoms with Crippen LogP contribution in [0.4, 0.5) is 0 Å². The number of ether oxygens (including phenoxy) is 1. The molecule has 0 unspecified atom stereocenters. The van der Waals surface area contributed by atoms with Gasteiger partial charge in [-0.05, 0) is 49.6 Å². The predicted molar refractivity (Wildman–Crippen MR) is 108 cm³/mol. The number of benzene rings is 2. The minimum Gasteiger partial charge on any atom is -0.466 e. The van der Waals surface area contributed by atoms with E-state index in [1.54, 1.807) is 11.8 Å². The van der Waals surface area contributed by atoms with Crippen LogP contribution in [-0.4, -0.2) is 36.5 Å². The molecule has 1 aliphatic rings. The van der Waals surface area contributed by atoms with Crippen molar-refractivity contribution in [1.29, 1.82) is 0 Å². The molecule has 27 heavy (non-hydrogen) atoms. The summed E-state index contributed by atoms with van der Waals surface area (Å²) in [6.07, 6.45) is 1.35. The smallest absolute Gasteiger partial charge is 0.309 e. The van der Waals surface area contributed by atoms with Crippen molar-refractivity contribution in [2.24, 2.45) is 5.92 Å². The van der Waals surface area contributed by atoms with E-state index in [9.17, 15) is 9.59 Å². The number of rotatable bonds is 6. The van der Waals surface area contributed by atoms with E-state index in [1.807, 2.05) is 54.3 Å². The van der Waals surface area contributed by atoms with Crippen molar-refractivity contribution in [2.45, 2.75) is 30.4 Å². The third-order valence-electron chi connectivity index (χ3n) is 4.75. The molecular weight excluding hydrogens is 358 g/mol. The summed E-state index contributed by atoms with van der Waals surface area (Å²) in [4.78, 5) is 27.6. The number of carbonyl (C=O) groups excluding carboxylic acids is 2. The second kappa shape index (κ2) is 9.60. The lowest BCUT2D eigenvalue weighted by Crippen LogP contribution is -2.40. The molecule has 0 radical (unpaired) electrons. The number of likely N-dealkylation sites (tertiary alicyclic amines) is 1. The standard InChI is InChI=1S/C22H25NO3S/c1-2-26-22(25)19-12-14-23(15-13-19)21(24)18-10-8-17(9-11-18)16-27-20-6-4-3-5-7-20/h3-11,19H,2,12-16H2,1H3. The average molecular weight is 384 g/mol. The summed E-state index contributed by atoms with van der Waals surface area (Å²) in [5.41, 5.74) is 1.90. The minimum atomic E-state index is -0.134. The van der Waals surface area contributed by atoms with Gasteiger partial charge in [0.2, 0.25) is 0 Å². The fourth-order valence-corrected chi connectivity index (χ4v) is 4.06. The van der Waals surface area contributed by atoms with E-state index < -0.39 is 0 Å². The van der Waals surface area contributed by atoms with Gasteiger partial charge in [0, 0.05) is 29.3 Å². The van der Waals surface area contributed by atoms with Gasteiger partial charge in [0.1, 0.15) is 0 Å². The van der Waals surface area contributed by atoms with Crippen LogP contribution in [0.2, 0.25) is 0 Å². The first-order valence-corrected chi connectivity index (χ1v) is 10.4. The zero-order valence-corrected chi connectivity index (χ0v) is 16.4. The average Bonchev–Trinajstić information content (AvgIpc) is 2.73. The number of amides is 1. The van der Waals surface area contributed by atoms with Crippen LogP contribution < -0.4 is 0 Å². The second-order valence-electron chi connectivity index (χ2n) is 6.62. The van der Waals surface area contributed by atoms with E-state index in [0.29, 0.717) is 38.1 Å². The molecule has 2 aromatic rings. The van der Waals surface area contributed by atoms with Crippen molar-refractivity contribution >= 4 is 23.6 Å². The van der Waals surface area contributed by atoms with Gasteiger partial charge in [-0.1, -0.05) is 30.3 Å². The van der Waals surface area contributed by atoms with Crippen LogP contribution in [0.15, 0.2) is 59.5 Å². The summed E-state index contributed by atoms with van der Waals surface area (Å²) < 4.78 is 5.09. The Morgan fingerprint density at radius 3 is 2.33 bits per heavy atom. The zero-order chi connectivity index (χ0) is 19.1. The number of hydrogen-bond acceptors (Lipinski definition) is 4. The molecule has 4 nitrogen and oxygen atoms in total. The molecule has 1 heterocycles. The van der Waals surface area contributed by atoms with Crippen LogP contribution in [0.25, 0.3) is 0 Å². The van der Waals surface area contributed by atoms with Crippen LogP contribution in [0.5, 0.6) is 0 Å². The Balaban J connectivity index is 1.51. The molecule has 0 aromatic heterocycles. The molecule has 5 heteroatoms. The zero-order valence-electron chi connectivity index (χ0n) is 15.6. The van der Waals surface area contributed by atoms with Crippen LogP contribution in [0.3, 0.4) is 0 Å². The maximum atomic E-state index is 12.7. The van der Waals surface area contributed by atoms with E-state index in [-0.39, 0.29) is 17.8 Å². The third kappa shape index (κ3) is 5.36. The van der Waals surface area contributed by atoms with Gasteiger partial charge in [-0.2, -0.15) is 0 Å². The number of nitrogens with zero attached hydrogens (tertiary/aromatic N) is 1. The van der Waals surface area contributed by atoms with Crippen molar-refractivity contribution in [2.75, 3.05) is 19.7 Å². The molecule has 1 aliphatic heterocycles. The Hall–Kier alpha value is -2.27. The highest BCUT2D eigenvalue weighted by atomic mass is 32.2. The molecule has 0 aliphatic carbocycles. The number of esters is 1. The molecule has 0 bridgehead atoms. The van der Waals surface area contributed by atoms with Gasteiger partial charge in [-0.3, -0.25) is 9.59 Å². The summed E-state index contributed by atoms with van der Waals surface area (Å²) >= 11 is 1.78. The molecule has 1 fully saturated rings. The quantitative estimate of drug-likeness (QED) is 0.548. The van der Waals surface area contributed by atoms with Crippen LogP contribution in [0, 0.1) is 5.92 Å². The summed E-state index contributed by atoms with van der Waals surface area (Å²) in [6.45, 7) is 3.44. The number of piperidine rings is 1. The lowest BCUT2D eigenvalue weighted by atomic mass is 9.96. The number of thioether (sulfide) groups is 1. The molecule has 0 N–H and O–H groups in total. The van der Waals surface area contributed by atoms with Crippen LogP contribution in [0.1, 0.15) is 35.7 Å². The van der Waals surface area contributed by atoms with E-state index in [0.717, 1.165) is 5.75 Å². The van der Waals surface area contributed by atoms with Crippen molar-refractivity contribution < 1.29 is 14.3 Å². The SMILES string of the molecule is CCOC(=O)C1CCN(C(=O)c2ccc(CSc3ccccc3)cc2)CC1. The normalized spacial score (nSPS) is 14.8. The number of hydrogen-bond donors (Lipinski definition) is 0. The highest BCUT2D eigenvalue weighted by Gasteiger charge is 2.28. The number of carbonyl (C=O) groups is 2. The van der Waals surface area contributed by atoms with Crippen molar-refractivity contribution in [3.05, 3.63) is 65.7 Å². The molecule has 0 atom stereocenters. The summed E-state index contributed by atoms with van der Waals surface area (Å²) in [7, 11) is 0. The fraction of sp³-hybridized carbons (Fsp3) is 0.364. The lowest BCUT2D eigenvalue weighted by molar-refractivity contribution is -0.149. The first-order chi connectivity index (χ1) is 13.2. The first kappa shape index (κ1) is 19.5. The Morgan fingerprint density at radius 1 is 1.04 bits per heavy atom. The third-order valence-corrected chi connectivity index (χ3v) is 5.83. The van der Waals surface area contributed by atoms with Crippen molar-refractivity contribution in [3.63, 3.8) is 0 Å². The lowest BCUT2D eigenvalue weighted by Gasteiger charge is -2.31. The highest BCUT2D eigenvalue weighted by Crippen LogP contribution is 2.23. The van der Waals surface area contributed by atoms with Gasteiger partial charge in [0.05, 0.1) is 12.5 Å². The maximum absolute atomic E-state index is 12.7. The topological polar surface area (TPSA) is 46.6 Å². The predicted octanol–water partition coefficient (Wildman–Crippen LogP) is 4.39. The second-order valence-corrected chi connectivity index (χ2v) is 7.67. The fourth-order valence-electron chi connectivity index (χ4n) is 3.19. The van der Waals surface area contributed by atoms with Gasteiger partial charge in [0.25, 0.3) is 5.91 Å². The molecular formula is C22H25NO3S. The van der Waals surface area contributed by atoms with Crippen LogP contribution >= 0.6 is 11.8 Å². The maximum Gasteiger partial charge on any atom is 0.309 e. The van der Waals surface area contributed by atoms with E-state index in [2.05, 4.69) is 12.1 Å². The molecule has 1 saturated heterocycles. The van der Waals surface area contributed by atoms with Crippen molar-refractivity contribution in [3.8, 4) is 0 Å². The minimum absolute atomic E-state index is 0.0413. The Bertz CT molecular complexity index is 753. The first-order valence-electron chi connectivity index (χ1n) is 9.40. The van der Waals surface area contributed by atoms with Crippen LogP contribution in [-0.2, 0) is 15.3 Å². The molecule has 0 saturated carbocycles. The van der Waals surface area contributed by atoms with Gasteiger partial charge in [-0.25, -0.2) is 0 Å². The summed E-state index contributed by atoms with van der Waals surface area (Å²) in [5.74, 6) is 0.708. The molecule has 2 aromatic carbocycles. The highest BCUT2D eigenvalue weighted by molar-refractivity contribution is 7.98. The summed E-state index contributed by atoms with van der Waals surface area (Å²) in [6, 6.07) is 18.1. The molecule has 142 valence electrons. The summed E-state index contributed by atoms with van der Waals surface area (Å²) in [5, 5.41) is 0. The van der Waals surface area contributed by atoms with E-state index >= 15 is 0 Å². The van der Waals surface area contributed by atoms with Gasteiger partial charge in [-0.15, -0.1) is 11.8 Å². The molecule has 1 amide bonds. The Morgan fingerprint density at radius 2 is 1.70 bits per heavy atom. The Kier molecular flexibility index (Phi) is 6.93. The Labute approximate surface area is 164 Å². The van der Waals surface area contributed by atoms with E-state index in [4.69, 9.17) is 4.74 Å². The van der Waals surface area contributed by atoms with Gasteiger partial charge >= 0.3 is 5.97 Å². The molecule has 0 spiro atoms. The largest absolute Gasteiger partial charge is 0.466 e. The molecule has 3 rings (SSSR count). The van der Waals surface area contributed by atoms with Crippen molar-refractivity contribution in [1.82, 2.24) is 4.90 Å². The van der Waals surface area contributed by atoms with Gasteiger partial charge in [0.15, 0.2) is 0 Å². The van der Waals surface area contributed by atoms with E-state index in [1.165, 1.54) is 10.5 Å².